The van der Waals surface area contributed by atoms with Crippen molar-refractivity contribution in [2.45, 2.75) is 0 Å². The van der Waals surface area contributed by atoms with Crippen LogP contribution < -0.4 is 5.32 Å². The molecule has 0 saturated carbocycles. The average molecular weight is 477 g/mol. The Balaban J connectivity index is 1.38. The molecule has 8 nitrogen and oxygen atoms in total. The minimum Gasteiger partial charge on any atom is -0.454 e. The average Bonchev–Trinajstić information content (AvgIpc) is 3.09. The Morgan fingerprint density at radius 1 is 0.853 bits per heavy atom. The molecule has 0 fully saturated rings. The number of nitrogens with one attached hydrogen (secondary N) is 1. The van der Waals surface area contributed by atoms with Crippen LogP contribution in [0.2, 0.25) is 5.02 Å². The van der Waals surface area contributed by atoms with Crippen molar-refractivity contribution < 1.29 is 28.7 Å². The minimum absolute atomic E-state index is 0.171. The molecular formula is C25H17ClN2O6. The largest absolute Gasteiger partial charge is 0.454 e. The lowest BCUT2D eigenvalue weighted by atomic mass is 10.0. The Morgan fingerprint density at radius 2 is 1.47 bits per heavy atom. The lowest BCUT2D eigenvalue weighted by molar-refractivity contribution is -0.147. The van der Waals surface area contributed by atoms with Crippen molar-refractivity contribution in [1.29, 1.82) is 0 Å². The molecule has 0 aromatic heterocycles. The third-order valence-corrected chi connectivity index (χ3v) is 5.30. The lowest BCUT2D eigenvalue weighted by Gasteiger charge is -2.14. The molecule has 1 aliphatic rings. The Bertz CT molecular complexity index is 1290. The van der Waals surface area contributed by atoms with Gasteiger partial charge in [0.15, 0.2) is 12.4 Å². The molecule has 34 heavy (non-hydrogen) atoms. The van der Waals surface area contributed by atoms with Gasteiger partial charge in [0.1, 0.15) is 6.54 Å². The molecule has 1 aliphatic heterocycles. The van der Waals surface area contributed by atoms with Gasteiger partial charge in [-0.05, 0) is 30.3 Å². The van der Waals surface area contributed by atoms with Crippen LogP contribution in [0.1, 0.15) is 36.6 Å². The molecule has 0 unspecified atom stereocenters. The number of amides is 3. The fourth-order valence-corrected chi connectivity index (χ4v) is 3.62. The summed E-state index contributed by atoms with van der Waals surface area (Å²) in [5.74, 6) is -3.19. The first-order valence-electron chi connectivity index (χ1n) is 10.1. The van der Waals surface area contributed by atoms with Crippen molar-refractivity contribution >= 4 is 46.8 Å². The molecule has 3 amide bonds. The third kappa shape index (κ3) is 4.72. The lowest BCUT2D eigenvalue weighted by Crippen LogP contribution is -2.36. The number of nitrogens with zero attached hydrogens (tertiary/aromatic N) is 1. The van der Waals surface area contributed by atoms with Crippen LogP contribution in [0.15, 0.2) is 72.8 Å². The number of hydrogen-bond acceptors (Lipinski definition) is 6. The van der Waals surface area contributed by atoms with E-state index in [1.807, 2.05) is 0 Å². The summed E-state index contributed by atoms with van der Waals surface area (Å²) in [7, 11) is 0. The van der Waals surface area contributed by atoms with E-state index in [1.54, 1.807) is 42.5 Å². The molecule has 0 saturated heterocycles. The second kappa shape index (κ2) is 9.68. The zero-order chi connectivity index (χ0) is 24.2. The maximum absolute atomic E-state index is 12.9. The van der Waals surface area contributed by atoms with Crippen molar-refractivity contribution in [2.75, 3.05) is 18.5 Å². The van der Waals surface area contributed by atoms with Crippen LogP contribution in [0.3, 0.4) is 0 Å². The van der Waals surface area contributed by atoms with E-state index >= 15 is 0 Å². The summed E-state index contributed by atoms with van der Waals surface area (Å²) in [6.45, 7) is -1.30. The Kier molecular flexibility index (Phi) is 6.51. The van der Waals surface area contributed by atoms with Crippen LogP contribution in [0.25, 0.3) is 0 Å². The second-order valence-corrected chi connectivity index (χ2v) is 7.77. The van der Waals surface area contributed by atoms with Crippen molar-refractivity contribution in [3.8, 4) is 0 Å². The second-order valence-electron chi connectivity index (χ2n) is 7.34. The van der Waals surface area contributed by atoms with Gasteiger partial charge < -0.3 is 10.1 Å². The summed E-state index contributed by atoms with van der Waals surface area (Å²) in [5.41, 5.74) is 1.18. The molecule has 0 radical (unpaired) electrons. The topological polar surface area (TPSA) is 110 Å². The minimum atomic E-state index is -0.929. The number of ether oxygens (including phenoxy) is 1. The standard InChI is InChI=1S/C25H17ClN2O6/c26-16-10-11-20(19(12-16)23(31)15-6-2-1-3-7-15)27-21(29)14-34-22(30)13-28-24(32)17-8-4-5-9-18(17)25(28)33/h1-12H,13-14H2,(H,27,29). The monoisotopic (exact) mass is 476 g/mol. The molecule has 0 aliphatic carbocycles. The number of ketones is 1. The number of esters is 1. The molecule has 4 rings (SSSR count). The summed E-state index contributed by atoms with van der Waals surface area (Å²) in [5, 5.41) is 2.84. The molecule has 1 heterocycles. The van der Waals surface area contributed by atoms with Gasteiger partial charge in [-0.1, -0.05) is 54.1 Å². The van der Waals surface area contributed by atoms with Crippen LogP contribution in [0, 0.1) is 0 Å². The molecule has 0 spiro atoms. The number of benzene rings is 3. The highest BCUT2D eigenvalue weighted by Crippen LogP contribution is 2.24. The Morgan fingerprint density at radius 3 is 2.12 bits per heavy atom. The Hall–Kier alpha value is -4.30. The van der Waals surface area contributed by atoms with E-state index in [9.17, 15) is 24.0 Å². The Labute approximate surface area is 199 Å². The molecule has 3 aromatic carbocycles. The fraction of sp³-hybridized carbons (Fsp3) is 0.0800. The number of hydrogen-bond donors (Lipinski definition) is 1. The zero-order valence-electron chi connectivity index (χ0n) is 17.6. The molecule has 1 N–H and O–H groups in total. The van der Waals surface area contributed by atoms with Gasteiger partial charge in [0.05, 0.1) is 16.8 Å². The number of imide groups is 1. The van der Waals surface area contributed by atoms with Gasteiger partial charge in [-0.25, -0.2) is 0 Å². The maximum Gasteiger partial charge on any atom is 0.326 e. The number of carbonyl (C=O) groups excluding carboxylic acids is 5. The van der Waals surface area contributed by atoms with Crippen molar-refractivity contribution in [3.63, 3.8) is 0 Å². The van der Waals surface area contributed by atoms with Gasteiger partial charge in [0.25, 0.3) is 17.7 Å². The first-order valence-corrected chi connectivity index (χ1v) is 10.5. The smallest absolute Gasteiger partial charge is 0.326 e. The predicted octanol–water partition coefficient (Wildman–Crippen LogP) is 3.35. The van der Waals surface area contributed by atoms with Gasteiger partial charge in [-0.2, -0.15) is 0 Å². The van der Waals surface area contributed by atoms with Crippen molar-refractivity contribution in [2.24, 2.45) is 0 Å². The van der Waals surface area contributed by atoms with Crippen LogP contribution in [-0.2, 0) is 14.3 Å². The number of anilines is 1. The van der Waals surface area contributed by atoms with Gasteiger partial charge in [-0.3, -0.25) is 28.9 Å². The summed E-state index contributed by atoms with van der Waals surface area (Å²) < 4.78 is 4.93. The predicted molar refractivity (Wildman–Crippen MR) is 123 cm³/mol. The number of carbonyl (C=O) groups is 5. The molecule has 0 atom stereocenters. The van der Waals surface area contributed by atoms with E-state index in [2.05, 4.69) is 5.32 Å². The fourth-order valence-electron chi connectivity index (χ4n) is 3.45. The highest BCUT2D eigenvalue weighted by atomic mass is 35.5. The summed E-state index contributed by atoms with van der Waals surface area (Å²) in [6.07, 6.45) is 0. The van der Waals surface area contributed by atoms with E-state index in [0.29, 0.717) is 10.6 Å². The highest BCUT2D eigenvalue weighted by Gasteiger charge is 2.36. The number of rotatable bonds is 7. The molecule has 3 aromatic rings. The molecule has 170 valence electrons. The van der Waals surface area contributed by atoms with E-state index in [1.165, 1.54) is 30.3 Å². The van der Waals surface area contributed by atoms with Crippen molar-refractivity contribution in [1.82, 2.24) is 4.90 Å². The van der Waals surface area contributed by atoms with Crippen molar-refractivity contribution in [3.05, 3.63) is 100 Å². The van der Waals surface area contributed by atoms with Gasteiger partial charge in [0, 0.05) is 16.1 Å². The summed E-state index contributed by atoms with van der Waals surface area (Å²) in [6, 6.07) is 19.1. The third-order valence-electron chi connectivity index (χ3n) is 5.07. The van der Waals surface area contributed by atoms with Gasteiger partial charge in [0.2, 0.25) is 0 Å². The maximum atomic E-state index is 12.9. The zero-order valence-corrected chi connectivity index (χ0v) is 18.4. The number of fused-ring (bicyclic) bond motifs is 1. The van der Waals surface area contributed by atoms with E-state index in [4.69, 9.17) is 16.3 Å². The summed E-state index contributed by atoms with van der Waals surface area (Å²) in [4.78, 5) is 62.9. The van der Waals surface area contributed by atoms with Crippen LogP contribution in [-0.4, -0.2) is 47.5 Å². The van der Waals surface area contributed by atoms with E-state index < -0.39 is 36.8 Å². The number of halogens is 1. The first kappa shape index (κ1) is 22.9. The highest BCUT2D eigenvalue weighted by molar-refractivity contribution is 6.31. The molecule has 9 heteroatoms. The first-order chi connectivity index (χ1) is 16.3. The van der Waals surface area contributed by atoms with E-state index in [0.717, 1.165) is 4.90 Å². The van der Waals surface area contributed by atoms with Gasteiger partial charge >= 0.3 is 5.97 Å². The summed E-state index contributed by atoms with van der Waals surface area (Å²) >= 11 is 6.03. The molecular weight excluding hydrogens is 460 g/mol. The van der Waals surface area contributed by atoms with Crippen LogP contribution in [0.5, 0.6) is 0 Å². The normalized spacial score (nSPS) is 12.3. The van der Waals surface area contributed by atoms with Crippen LogP contribution >= 0.6 is 11.6 Å². The molecule has 0 bridgehead atoms. The quantitative estimate of drug-likeness (QED) is 0.318. The van der Waals surface area contributed by atoms with E-state index in [-0.39, 0.29) is 28.2 Å². The van der Waals surface area contributed by atoms with Gasteiger partial charge in [-0.15, -0.1) is 0 Å². The van der Waals surface area contributed by atoms with Crippen LogP contribution in [0.4, 0.5) is 5.69 Å². The SMILES string of the molecule is O=C(COC(=O)CN1C(=O)c2ccccc2C1=O)Nc1ccc(Cl)cc1C(=O)c1ccccc1.